The van der Waals surface area contributed by atoms with Crippen LogP contribution in [0.4, 0.5) is 4.79 Å². The first-order valence-electron chi connectivity index (χ1n) is 5.08. The van der Waals surface area contributed by atoms with E-state index in [1.807, 2.05) is 0 Å². The van der Waals surface area contributed by atoms with Gasteiger partial charge in [-0.3, -0.25) is 14.5 Å². The van der Waals surface area contributed by atoms with Gasteiger partial charge < -0.3 is 5.32 Å². The summed E-state index contributed by atoms with van der Waals surface area (Å²) in [4.78, 5) is 35.6. The van der Waals surface area contributed by atoms with Crippen molar-refractivity contribution in [3.8, 4) is 0 Å². The molecule has 0 spiro atoms. The lowest BCUT2D eigenvalue weighted by Gasteiger charge is -2.15. The summed E-state index contributed by atoms with van der Waals surface area (Å²) in [6.45, 7) is 3.20. The summed E-state index contributed by atoms with van der Waals surface area (Å²) in [6, 6.07) is -0.459. The molecule has 1 N–H and O–H groups in total. The number of urea groups is 1. The number of carbonyl (C=O) groups excluding carboxylic acids is 3. The van der Waals surface area contributed by atoms with E-state index in [0.717, 1.165) is 17.7 Å². The number of carbonyl (C=O) groups is 3. The molecule has 3 amide bonds. The molecule has 82 valence electrons. The fraction of sp³-hybridized carbons (Fsp3) is 0.700. The molecule has 1 aliphatic carbocycles. The van der Waals surface area contributed by atoms with E-state index in [0.29, 0.717) is 0 Å². The summed E-state index contributed by atoms with van der Waals surface area (Å²) in [6.07, 6.45) is 1.79. The lowest BCUT2D eigenvalue weighted by Crippen LogP contribution is -2.41. The van der Waals surface area contributed by atoms with Crippen molar-refractivity contribution in [2.45, 2.75) is 32.2 Å². The third kappa shape index (κ3) is 1.73. The molecule has 1 saturated heterocycles. The topological polar surface area (TPSA) is 66.5 Å². The Hall–Kier alpha value is -1.39. The van der Waals surface area contributed by atoms with Crippen LogP contribution in [0.15, 0.2) is 0 Å². The van der Waals surface area contributed by atoms with Gasteiger partial charge in [0.1, 0.15) is 5.54 Å². The van der Waals surface area contributed by atoms with Crippen LogP contribution in [0.2, 0.25) is 0 Å². The second-order valence-corrected chi connectivity index (χ2v) is 4.69. The maximum Gasteiger partial charge on any atom is 0.325 e. The molecule has 0 bridgehead atoms. The van der Waals surface area contributed by atoms with Gasteiger partial charge in [0.05, 0.1) is 6.54 Å². The first kappa shape index (κ1) is 10.1. The fourth-order valence-electron chi connectivity index (χ4n) is 1.65. The molecule has 0 atom stereocenters. The van der Waals surface area contributed by atoms with Crippen molar-refractivity contribution in [1.82, 2.24) is 10.2 Å². The normalized spacial score (nSPS) is 24.3. The highest BCUT2D eigenvalue weighted by atomic mass is 16.2. The molecule has 5 heteroatoms. The van der Waals surface area contributed by atoms with Crippen LogP contribution < -0.4 is 5.32 Å². The van der Waals surface area contributed by atoms with Gasteiger partial charge in [-0.1, -0.05) is 0 Å². The van der Waals surface area contributed by atoms with Crippen molar-refractivity contribution >= 4 is 17.7 Å². The highest BCUT2D eigenvalue weighted by molar-refractivity contribution is 6.08. The lowest BCUT2D eigenvalue weighted by atomic mass is 10.1. The van der Waals surface area contributed by atoms with E-state index in [1.54, 1.807) is 13.8 Å². The molecule has 0 aromatic rings. The van der Waals surface area contributed by atoms with E-state index in [9.17, 15) is 14.4 Å². The molecule has 1 heterocycles. The van der Waals surface area contributed by atoms with Crippen LogP contribution in [0.3, 0.4) is 0 Å². The van der Waals surface area contributed by atoms with Crippen molar-refractivity contribution in [2.24, 2.45) is 5.92 Å². The molecule has 15 heavy (non-hydrogen) atoms. The first-order chi connectivity index (χ1) is 6.92. The fourth-order valence-corrected chi connectivity index (χ4v) is 1.65. The zero-order valence-electron chi connectivity index (χ0n) is 8.87. The Kier molecular flexibility index (Phi) is 2.06. The molecule has 0 radical (unpaired) electrons. The maximum absolute atomic E-state index is 11.7. The number of hydrogen-bond donors (Lipinski definition) is 1. The molecule has 2 rings (SSSR count). The van der Waals surface area contributed by atoms with E-state index in [-0.39, 0.29) is 24.2 Å². The quantitative estimate of drug-likeness (QED) is 0.681. The number of ketones is 1. The van der Waals surface area contributed by atoms with Gasteiger partial charge >= 0.3 is 6.03 Å². The van der Waals surface area contributed by atoms with Gasteiger partial charge in [-0.05, 0) is 26.7 Å². The largest absolute Gasteiger partial charge is 0.325 e. The Morgan fingerprint density at radius 1 is 1.47 bits per heavy atom. The SMILES string of the molecule is CC1(C)NC(=O)N(CC(=O)C2CC2)C1=O. The summed E-state index contributed by atoms with van der Waals surface area (Å²) in [5.41, 5.74) is -0.874. The molecule has 0 aromatic heterocycles. The van der Waals surface area contributed by atoms with Crippen LogP contribution in [0.1, 0.15) is 26.7 Å². The first-order valence-corrected chi connectivity index (χ1v) is 5.08. The monoisotopic (exact) mass is 210 g/mol. The lowest BCUT2D eigenvalue weighted by molar-refractivity contribution is -0.133. The average Bonchev–Trinajstić information content (AvgIpc) is 2.91. The Bertz CT molecular complexity index is 345. The maximum atomic E-state index is 11.7. The van der Waals surface area contributed by atoms with Gasteiger partial charge in [0.2, 0.25) is 0 Å². The Morgan fingerprint density at radius 2 is 2.07 bits per heavy atom. The van der Waals surface area contributed by atoms with E-state index in [4.69, 9.17) is 0 Å². The minimum absolute atomic E-state index is 0.00352. The molecule has 0 aromatic carbocycles. The number of Topliss-reactive ketones (excluding diaryl/α,β-unsaturated/α-hetero) is 1. The van der Waals surface area contributed by atoms with E-state index >= 15 is 0 Å². The summed E-state index contributed by atoms with van der Waals surface area (Å²) in [5, 5.41) is 2.54. The van der Waals surface area contributed by atoms with Gasteiger partial charge in [-0.2, -0.15) is 0 Å². The number of nitrogens with zero attached hydrogens (tertiary/aromatic N) is 1. The zero-order valence-corrected chi connectivity index (χ0v) is 8.87. The van der Waals surface area contributed by atoms with Crippen LogP contribution in [0.25, 0.3) is 0 Å². The van der Waals surface area contributed by atoms with Crippen molar-refractivity contribution in [1.29, 1.82) is 0 Å². The molecule has 1 aliphatic heterocycles. The number of imide groups is 1. The van der Waals surface area contributed by atoms with E-state index in [2.05, 4.69) is 5.32 Å². The summed E-state index contributed by atoms with van der Waals surface area (Å²) in [5.74, 6) is -0.244. The highest BCUT2D eigenvalue weighted by Crippen LogP contribution is 2.30. The Morgan fingerprint density at radius 3 is 2.47 bits per heavy atom. The van der Waals surface area contributed by atoms with Gasteiger partial charge in [-0.25, -0.2) is 4.79 Å². The van der Waals surface area contributed by atoms with Crippen LogP contribution in [0.5, 0.6) is 0 Å². The van der Waals surface area contributed by atoms with Gasteiger partial charge in [0.15, 0.2) is 5.78 Å². The smallest absolute Gasteiger partial charge is 0.324 e. The zero-order chi connectivity index (χ0) is 11.2. The van der Waals surface area contributed by atoms with E-state index < -0.39 is 11.6 Å². The highest BCUT2D eigenvalue weighted by Gasteiger charge is 2.45. The molecular formula is C10H14N2O3. The number of hydrogen-bond acceptors (Lipinski definition) is 3. The van der Waals surface area contributed by atoms with Crippen molar-refractivity contribution in [3.05, 3.63) is 0 Å². The molecule has 2 fully saturated rings. The third-order valence-corrected chi connectivity index (χ3v) is 2.79. The predicted molar refractivity (Wildman–Crippen MR) is 52.1 cm³/mol. The average molecular weight is 210 g/mol. The van der Waals surface area contributed by atoms with Gasteiger partial charge in [0, 0.05) is 5.92 Å². The Balaban J connectivity index is 2.05. The number of amides is 3. The molecule has 1 saturated carbocycles. The second kappa shape index (κ2) is 3.05. The van der Waals surface area contributed by atoms with Crippen LogP contribution in [0, 0.1) is 5.92 Å². The number of nitrogens with one attached hydrogen (secondary N) is 1. The van der Waals surface area contributed by atoms with Gasteiger partial charge in [-0.15, -0.1) is 0 Å². The Labute approximate surface area is 87.8 Å². The molecule has 5 nitrogen and oxygen atoms in total. The van der Waals surface area contributed by atoms with Crippen LogP contribution in [-0.2, 0) is 9.59 Å². The van der Waals surface area contributed by atoms with Crippen LogP contribution >= 0.6 is 0 Å². The minimum atomic E-state index is -0.874. The summed E-state index contributed by atoms with van der Waals surface area (Å²) in [7, 11) is 0. The summed E-state index contributed by atoms with van der Waals surface area (Å²) >= 11 is 0. The third-order valence-electron chi connectivity index (χ3n) is 2.79. The van der Waals surface area contributed by atoms with Crippen LogP contribution in [-0.4, -0.2) is 34.7 Å². The molecule has 0 unspecified atom stereocenters. The van der Waals surface area contributed by atoms with E-state index in [1.165, 1.54) is 0 Å². The second-order valence-electron chi connectivity index (χ2n) is 4.69. The predicted octanol–water partition coefficient (Wildman–Crippen LogP) is 0.296. The minimum Gasteiger partial charge on any atom is -0.324 e. The van der Waals surface area contributed by atoms with Crippen molar-refractivity contribution < 1.29 is 14.4 Å². The molecule has 2 aliphatic rings. The standard InChI is InChI=1S/C10H14N2O3/c1-10(2)8(14)12(9(15)11-10)5-7(13)6-3-4-6/h6H,3-5H2,1-2H3,(H,11,15). The molecular weight excluding hydrogens is 196 g/mol. The van der Waals surface area contributed by atoms with Gasteiger partial charge in [0.25, 0.3) is 5.91 Å². The van der Waals surface area contributed by atoms with Crippen molar-refractivity contribution in [2.75, 3.05) is 6.54 Å². The van der Waals surface area contributed by atoms with Crippen molar-refractivity contribution in [3.63, 3.8) is 0 Å². The summed E-state index contributed by atoms with van der Waals surface area (Å²) < 4.78 is 0. The number of rotatable bonds is 3.